The Morgan fingerprint density at radius 3 is 3.00 bits per heavy atom. The second-order valence-corrected chi connectivity index (χ2v) is 6.71. The Balaban J connectivity index is 1.42. The molecule has 4 aromatic rings. The van der Waals surface area contributed by atoms with E-state index in [1.165, 1.54) is 0 Å². The first-order valence-electron chi connectivity index (χ1n) is 9.09. The number of rotatable bonds is 4. The van der Waals surface area contributed by atoms with E-state index in [0.29, 0.717) is 23.9 Å². The third-order valence-corrected chi connectivity index (χ3v) is 4.80. The molecule has 0 bridgehead atoms. The highest BCUT2D eigenvalue weighted by Crippen LogP contribution is 2.17. The zero-order valence-electron chi connectivity index (χ0n) is 14.7. The molecule has 0 spiro atoms. The van der Waals surface area contributed by atoms with E-state index in [-0.39, 0.29) is 0 Å². The number of pyridine rings is 1. The molecule has 1 aliphatic rings. The van der Waals surface area contributed by atoms with E-state index in [0.717, 1.165) is 48.3 Å². The lowest BCUT2D eigenvalue weighted by atomic mass is 10.1. The number of benzene rings is 1. The van der Waals surface area contributed by atoms with Gasteiger partial charge in [0.05, 0.1) is 18.3 Å². The number of ether oxygens (including phenoxy) is 1. The molecule has 5 rings (SSSR count). The van der Waals surface area contributed by atoms with Crippen molar-refractivity contribution in [3.63, 3.8) is 0 Å². The molecule has 0 atom stereocenters. The molecular weight excluding hydrogens is 342 g/mol. The maximum absolute atomic E-state index is 5.41. The van der Waals surface area contributed by atoms with E-state index in [9.17, 15) is 0 Å². The summed E-state index contributed by atoms with van der Waals surface area (Å²) in [5.74, 6) is 0.751. The van der Waals surface area contributed by atoms with Crippen molar-refractivity contribution in [1.29, 1.82) is 0 Å². The second kappa shape index (κ2) is 6.88. The summed E-state index contributed by atoms with van der Waals surface area (Å²) < 4.78 is 7.19. The third-order valence-electron chi connectivity index (χ3n) is 4.80. The van der Waals surface area contributed by atoms with Crippen LogP contribution >= 0.6 is 0 Å². The SMILES string of the molecule is c1cnc2ccc(Cn3nnc4ncc(NC5CCOCC5)nc43)cc2c1. The van der Waals surface area contributed by atoms with Gasteiger partial charge in [-0.05, 0) is 36.6 Å². The molecule has 1 aliphatic heterocycles. The molecule has 1 N–H and O–H groups in total. The van der Waals surface area contributed by atoms with Gasteiger partial charge in [-0.3, -0.25) is 4.98 Å². The van der Waals surface area contributed by atoms with Crippen molar-refractivity contribution in [2.24, 2.45) is 0 Å². The number of aromatic nitrogens is 6. The highest BCUT2D eigenvalue weighted by Gasteiger charge is 2.15. The van der Waals surface area contributed by atoms with Crippen LogP contribution < -0.4 is 5.32 Å². The fourth-order valence-electron chi connectivity index (χ4n) is 3.38. The predicted octanol–water partition coefficient (Wildman–Crippen LogP) is 2.41. The van der Waals surface area contributed by atoms with Crippen molar-refractivity contribution in [2.45, 2.75) is 25.4 Å². The van der Waals surface area contributed by atoms with Gasteiger partial charge < -0.3 is 10.1 Å². The summed E-state index contributed by atoms with van der Waals surface area (Å²) in [5, 5.41) is 12.9. The molecular formula is C19H19N7O. The minimum Gasteiger partial charge on any atom is -0.381 e. The molecule has 1 fully saturated rings. The van der Waals surface area contributed by atoms with Crippen LogP contribution in [0.4, 0.5) is 5.82 Å². The monoisotopic (exact) mass is 361 g/mol. The van der Waals surface area contributed by atoms with Gasteiger partial charge in [-0.1, -0.05) is 17.3 Å². The number of anilines is 1. The molecule has 8 nitrogen and oxygen atoms in total. The summed E-state index contributed by atoms with van der Waals surface area (Å²) >= 11 is 0. The Morgan fingerprint density at radius 2 is 2.07 bits per heavy atom. The standard InChI is InChI=1S/C19H19N7O/c1-2-14-10-13(3-4-16(14)20-7-1)12-26-19-18(24-25-26)21-11-17(23-19)22-15-5-8-27-9-6-15/h1-4,7,10-11,15H,5-6,8-9,12H2,(H,22,23). The molecule has 0 aliphatic carbocycles. The number of fused-ring (bicyclic) bond motifs is 2. The highest BCUT2D eigenvalue weighted by molar-refractivity contribution is 5.79. The van der Waals surface area contributed by atoms with Crippen molar-refractivity contribution >= 4 is 28.0 Å². The van der Waals surface area contributed by atoms with Crippen LogP contribution in [0.2, 0.25) is 0 Å². The topological polar surface area (TPSA) is 90.6 Å². The van der Waals surface area contributed by atoms with Crippen LogP contribution in [0, 0.1) is 0 Å². The molecule has 3 aromatic heterocycles. The maximum Gasteiger partial charge on any atom is 0.221 e. The average molecular weight is 361 g/mol. The van der Waals surface area contributed by atoms with E-state index in [1.807, 2.05) is 12.1 Å². The molecule has 1 saturated heterocycles. The van der Waals surface area contributed by atoms with E-state index in [1.54, 1.807) is 17.1 Å². The number of hydrogen-bond donors (Lipinski definition) is 1. The number of nitrogens with one attached hydrogen (secondary N) is 1. The molecule has 8 heteroatoms. The minimum atomic E-state index is 0.364. The fraction of sp³-hybridized carbons (Fsp3) is 0.316. The lowest BCUT2D eigenvalue weighted by Gasteiger charge is -2.23. The van der Waals surface area contributed by atoms with E-state index < -0.39 is 0 Å². The molecule has 0 saturated carbocycles. The molecule has 0 amide bonds. The lowest BCUT2D eigenvalue weighted by Crippen LogP contribution is -2.28. The largest absolute Gasteiger partial charge is 0.381 e. The van der Waals surface area contributed by atoms with E-state index in [2.05, 4.69) is 43.8 Å². The summed E-state index contributed by atoms with van der Waals surface area (Å²) in [5.41, 5.74) is 3.33. The second-order valence-electron chi connectivity index (χ2n) is 6.71. The molecule has 4 heterocycles. The van der Waals surface area contributed by atoms with E-state index >= 15 is 0 Å². The van der Waals surface area contributed by atoms with Gasteiger partial charge in [-0.15, -0.1) is 5.10 Å². The first kappa shape index (κ1) is 16.1. The van der Waals surface area contributed by atoms with Gasteiger partial charge >= 0.3 is 0 Å². The highest BCUT2D eigenvalue weighted by atomic mass is 16.5. The van der Waals surface area contributed by atoms with Gasteiger partial charge in [-0.25, -0.2) is 14.6 Å². The molecule has 1 aromatic carbocycles. The van der Waals surface area contributed by atoms with Crippen molar-refractivity contribution < 1.29 is 4.74 Å². The summed E-state index contributed by atoms with van der Waals surface area (Å²) in [7, 11) is 0. The molecule has 136 valence electrons. The summed E-state index contributed by atoms with van der Waals surface area (Å²) in [6, 6.07) is 10.6. The van der Waals surface area contributed by atoms with Gasteiger partial charge in [0.25, 0.3) is 0 Å². The fourth-order valence-corrected chi connectivity index (χ4v) is 3.38. The minimum absolute atomic E-state index is 0.364. The van der Waals surface area contributed by atoms with Crippen LogP contribution in [0.25, 0.3) is 22.2 Å². The smallest absolute Gasteiger partial charge is 0.221 e. The van der Waals surface area contributed by atoms with Crippen LogP contribution in [0.3, 0.4) is 0 Å². The Hall–Kier alpha value is -3.13. The summed E-state index contributed by atoms with van der Waals surface area (Å²) in [4.78, 5) is 13.5. The van der Waals surface area contributed by atoms with Crippen LogP contribution in [0.15, 0.2) is 42.7 Å². The summed E-state index contributed by atoms with van der Waals surface area (Å²) in [6.07, 6.45) is 5.47. The summed E-state index contributed by atoms with van der Waals surface area (Å²) in [6.45, 7) is 2.14. The van der Waals surface area contributed by atoms with E-state index in [4.69, 9.17) is 9.72 Å². The Morgan fingerprint density at radius 1 is 1.15 bits per heavy atom. The van der Waals surface area contributed by atoms with Crippen molar-refractivity contribution in [3.8, 4) is 0 Å². The van der Waals surface area contributed by atoms with Gasteiger partial charge in [0.15, 0.2) is 5.65 Å². The first-order chi connectivity index (χ1) is 13.3. The zero-order valence-corrected chi connectivity index (χ0v) is 14.7. The third kappa shape index (κ3) is 3.31. The average Bonchev–Trinajstić information content (AvgIpc) is 3.11. The zero-order chi connectivity index (χ0) is 18.1. The molecule has 27 heavy (non-hydrogen) atoms. The van der Waals surface area contributed by atoms with Crippen LogP contribution in [-0.2, 0) is 11.3 Å². The van der Waals surface area contributed by atoms with Crippen molar-refractivity contribution in [1.82, 2.24) is 29.9 Å². The Kier molecular flexibility index (Phi) is 4.10. The van der Waals surface area contributed by atoms with Crippen LogP contribution in [0.1, 0.15) is 18.4 Å². The van der Waals surface area contributed by atoms with Crippen LogP contribution in [-0.4, -0.2) is 49.2 Å². The van der Waals surface area contributed by atoms with Gasteiger partial charge in [0.1, 0.15) is 5.82 Å². The van der Waals surface area contributed by atoms with Gasteiger partial charge in [0.2, 0.25) is 5.65 Å². The normalized spacial score (nSPS) is 15.4. The number of nitrogens with zero attached hydrogens (tertiary/aromatic N) is 6. The van der Waals surface area contributed by atoms with Gasteiger partial charge in [-0.2, -0.15) is 0 Å². The Bertz CT molecular complexity index is 1090. The maximum atomic E-state index is 5.41. The van der Waals surface area contributed by atoms with Crippen LogP contribution in [0.5, 0.6) is 0 Å². The Labute approximate surface area is 155 Å². The molecule has 0 radical (unpaired) electrons. The predicted molar refractivity (Wildman–Crippen MR) is 101 cm³/mol. The number of hydrogen-bond acceptors (Lipinski definition) is 7. The molecule has 0 unspecified atom stereocenters. The van der Waals surface area contributed by atoms with Gasteiger partial charge in [0, 0.05) is 30.8 Å². The lowest BCUT2D eigenvalue weighted by molar-refractivity contribution is 0.0904. The van der Waals surface area contributed by atoms with Crippen molar-refractivity contribution in [3.05, 3.63) is 48.3 Å². The quantitative estimate of drug-likeness (QED) is 0.597. The first-order valence-corrected chi connectivity index (χ1v) is 9.09. The van der Waals surface area contributed by atoms with Crippen molar-refractivity contribution in [2.75, 3.05) is 18.5 Å².